The van der Waals surface area contributed by atoms with Crippen LogP contribution in [0.25, 0.3) is 12.2 Å². The number of carbonyl (C=O) groups is 2. The van der Waals surface area contributed by atoms with Gasteiger partial charge >= 0.3 is 154 Å². The molecule has 4 aromatic carbocycles. The minimum Gasteiger partial charge on any atom is -0.545 e. The van der Waals surface area contributed by atoms with E-state index in [-0.39, 0.29) is 16.6 Å². The van der Waals surface area contributed by atoms with E-state index in [2.05, 4.69) is 87.6 Å². The molecular formula is C36H34O4SiZr. The third-order valence-electron chi connectivity index (χ3n) is 7.51. The van der Waals surface area contributed by atoms with Crippen LogP contribution in [0.5, 0.6) is 0 Å². The van der Waals surface area contributed by atoms with E-state index in [9.17, 15) is 19.8 Å². The van der Waals surface area contributed by atoms with Crippen LogP contribution < -0.4 is 10.2 Å². The maximum Gasteiger partial charge on any atom is 0.0715 e. The Morgan fingerprint density at radius 3 is 1.21 bits per heavy atom. The normalized spacial score (nSPS) is 15.6. The number of hydrogen-bond donors (Lipinski definition) is 0. The van der Waals surface area contributed by atoms with Gasteiger partial charge in [-0.2, -0.15) is 0 Å². The molecule has 42 heavy (non-hydrogen) atoms. The Labute approximate surface area is 256 Å². The number of benzene rings is 4. The van der Waals surface area contributed by atoms with Crippen LogP contribution in [0.2, 0.25) is 13.1 Å². The SMILES string of the molecule is CC1=Cc2ccccc2[CH]1[Zr+2]([CH]1C(C)=Cc2ccccc21)=[Si](C)C.O=C([O-])c1ccccc1.O=C([O-])c1ccccc1. The second kappa shape index (κ2) is 14.5. The van der Waals surface area contributed by atoms with Gasteiger partial charge in [0.15, 0.2) is 0 Å². The summed E-state index contributed by atoms with van der Waals surface area (Å²) in [4.78, 5) is 20.2. The first-order valence-electron chi connectivity index (χ1n) is 13.9. The maximum atomic E-state index is 10.1. The van der Waals surface area contributed by atoms with Gasteiger partial charge in [-0.25, -0.2) is 0 Å². The quantitative estimate of drug-likeness (QED) is 0.244. The molecule has 2 unspecified atom stereocenters. The molecule has 0 saturated heterocycles. The smallest absolute Gasteiger partial charge is 0.0715 e. The Hall–Kier alpha value is -3.60. The van der Waals surface area contributed by atoms with Crippen molar-refractivity contribution in [2.45, 2.75) is 34.2 Å². The second-order valence-electron chi connectivity index (χ2n) is 10.7. The van der Waals surface area contributed by atoms with Crippen LogP contribution in [0.1, 0.15) is 64.1 Å². The van der Waals surface area contributed by atoms with Gasteiger partial charge < -0.3 is 19.8 Å². The van der Waals surface area contributed by atoms with Crippen molar-refractivity contribution < 1.29 is 40.2 Å². The molecule has 4 nitrogen and oxygen atoms in total. The second-order valence-corrected chi connectivity index (χ2v) is 28.5. The maximum absolute atomic E-state index is 10.1. The van der Waals surface area contributed by atoms with E-state index in [4.69, 9.17) is 0 Å². The first-order chi connectivity index (χ1) is 20.2. The van der Waals surface area contributed by atoms with Gasteiger partial charge in [-0.15, -0.1) is 0 Å². The molecule has 0 N–H and O–H groups in total. The Morgan fingerprint density at radius 1 is 0.571 bits per heavy atom. The standard InChI is InChI=1S/2C10H9.2C7H6O2.C2H6Si.Zr/c2*1-8-6-9-4-2-3-5-10(9)7-8;2*8-7(9)6-4-2-1-3-5-6;1-3-2;/h2*2-7H,1H3;2*1-5H,(H,8,9);1-2H3;/q;;;;;+2/p-2. The Bertz CT molecular complexity index is 1550. The minimum absolute atomic E-state index is 0.220. The van der Waals surface area contributed by atoms with Gasteiger partial charge in [0.1, 0.15) is 0 Å². The number of carbonyl (C=O) groups excluding carboxylic acids is 2. The molecule has 0 bridgehead atoms. The molecule has 0 aliphatic heterocycles. The average molecular weight is 650 g/mol. The number of rotatable bonds is 4. The summed E-state index contributed by atoms with van der Waals surface area (Å²) in [5, 5.41) is 20.2. The van der Waals surface area contributed by atoms with E-state index < -0.39 is 32.3 Å². The molecule has 0 amide bonds. The molecule has 0 saturated carbocycles. The summed E-state index contributed by atoms with van der Waals surface area (Å²) in [6.07, 6.45) is 4.93. The van der Waals surface area contributed by atoms with Crippen molar-refractivity contribution in [2.24, 2.45) is 0 Å². The van der Waals surface area contributed by atoms with Crippen molar-refractivity contribution in [1.29, 1.82) is 0 Å². The van der Waals surface area contributed by atoms with E-state index in [0.717, 1.165) is 7.25 Å². The Kier molecular flexibility index (Phi) is 10.8. The molecule has 2 atom stereocenters. The molecule has 0 radical (unpaired) electrons. The molecule has 0 spiro atoms. The summed E-state index contributed by atoms with van der Waals surface area (Å²) in [7, 11) is 0. The fourth-order valence-electron chi connectivity index (χ4n) is 5.68. The molecular weight excluding hydrogens is 616 g/mol. The van der Waals surface area contributed by atoms with E-state index in [0.29, 0.717) is 0 Å². The van der Waals surface area contributed by atoms with E-state index in [1.807, 2.05) is 0 Å². The predicted octanol–water partition coefficient (Wildman–Crippen LogP) is 6.27. The summed E-state index contributed by atoms with van der Waals surface area (Å²) >= 11 is -1.76. The van der Waals surface area contributed by atoms with Crippen molar-refractivity contribution in [1.82, 2.24) is 0 Å². The number of hydrogen-bond acceptors (Lipinski definition) is 4. The molecule has 0 fully saturated rings. The molecule has 2 aliphatic carbocycles. The van der Waals surface area contributed by atoms with E-state index in [1.54, 1.807) is 58.7 Å². The Morgan fingerprint density at radius 2 is 0.905 bits per heavy atom. The fourth-order valence-corrected chi connectivity index (χ4v) is 26.5. The van der Waals surface area contributed by atoms with Crippen molar-refractivity contribution in [2.75, 3.05) is 0 Å². The van der Waals surface area contributed by atoms with Gasteiger partial charge in [0.05, 0.1) is 11.9 Å². The average Bonchev–Trinajstić information content (AvgIpc) is 3.50. The van der Waals surface area contributed by atoms with E-state index in [1.165, 1.54) is 35.4 Å². The summed E-state index contributed by atoms with van der Waals surface area (Å²) in [6, 6.07) is 34.4. The summed E-state index contributed by atoms with van der Waals surface area (Å²) < 4.78 is 1.54. The number of fused-ring (bicyclic) bond motifs is 2. The summed E-state index contributed by atoms with van der Waals surface area (Å²) in [5.74, 6) is -2.26. The molecule has 4 aromatic rings. The number of aromatic carboxylic acids is 2. The van der Waals surface area contributed by atoms with E-state index >= 15 is 0 Å². The molecule has 6 rings (SSSR count). The van der Waals surface area contributed by atoms with Crippen LogP contribution in [0.15, 0.2) is 120 Å². The van der Waals surface area contributed by atoms with Crippen molar-refractivity contribution in [3.8, 4) is 0 Å². The van der Waals surface area contributed by atoms with Crippen LogP contribution in [-0.2, 0) is 20.4 Å². The number of carboxylic acid groups (broad SMARTS) is 2. The molecule has 6 heteroatoms. The molecule has 2 aliphatic rings. The largest absolute Gasteiger partial charge is 0.545 e. The third kappa shape index (κ3) is 7.42. The Balaban J connectivity index is 0.000000184. The predicted molar refractivity (Wildman–Crippen MR) is 165 cm³/mol. The van der Waals surface area contributed by atoms with Crippen molar-refractivity contribution >= 4 is 29.5 Å². The van der Waals surface area contributed by atoms with Crippen LogP contribution in [-0.4, -0.2) is 17.4 Å². The molecule has 0 aromatic heterocycles. The number of allylic oxidation sites excluding steroid dienone is 2. The van der Waals surface area contributed by atoms with Gasteiger partial charge in [0.2, 0.25) is 0 Å². The van der Waals surface area contributed by atoms with Crippen LogP contribution in [0, 0.1) is 0 Å². The van der Waals surface area contributed by atoms with Gasteiger partial charge in [0, 0.05) is 0 Å². The van der Waals surface area contributed by atoms with Crippen LogP contribution in [0.4, 0.5) is 0 Å². The van der Waals surface area contributed by atoms with Gasteiger partial charge in [-0.1, -0.05) is 60.7 Å². The van der Waals surface area contributed by atoms with Crippen LogP contribution in [0.3, 0.4) is 0 Å². The zero-order valence-electron chi connectivity index (χ0n) is 24.3. The number of carboxylic acids is 2. The van der Waals surface area contributed by atoms with Crippen molar-refractivity contribution in [3.05, 3.63) is 154 Å². The monoisotopic (exact) mass is 648 g/mol. The summed E-state index contributed by atoms with van der Waals surface area (Å²) in [5.41, 5.74) is 9.66. The zero-order chi connectivity index (χ0) is 30.2. The van der Waals surface area contributed by atoms with Gasteiger partial charge in [-0.05, 0) is 11.1 Å². The van der Waals surface area contributed by atoms with Gasteiger partial charge in [0.25, 0.3) is 0 Å². The third-order valence-corrected chi connectivity index (χ3v) is 27.4. The fraction of sp³-hybridized carbons (Fsp3) is 0.167. The molecule has 210 valence electrons. The zero-order valence-corrected chi connectivity index (χ0v) is 27.8. The minimum atomic E-state index is -1.76. The topological polar surface area (TPSA) is 80.3 Å². The first kappa shape index (κ1) is 31.3. The van der Waals surface area contributed by atoms with Crippen LogP contribution >= 0.6 is 0 Å². The van der Waals surface area contributed by atoms with Gasteiger partial charge in [-0.3, -0.25) is 0 Å². The van der Waals surface area contributed by atoms with Crippen molar-refractivity contribution in [3.63, 3.8) is 0 Å². The first-order valence-corrected chi connectivity index (χ1v) is 23.0. The summed E-state index contributed by atoms with van der Waals surface area (Å²) in [6.45, 7) is 9.94. The molecule has 0 heterocycles.